The zero-order valence-corrected chi connectivity index (χ0v) is 16.5. The van der Waals surface area contributed by atoms with Crippen molar-refractivity contribution in [3.63, 3.8) is 0 Å². The molecule has 0 atom stereocenters. The maximum atomic E-state index is 12.5. The fourth-order valence-corrected chi connectivity index (χ4v) is 3.37. The molecule has 2 aromatic carbocycles. The van der Waals surface area contributed by atoms with E-state index in [1.165, 1.54) is 5.56 Å². The van der Waals surface area contributed by atoms with Crippen molar-refractivity contribution in [3.8, 4) is 5.75 Å². The van der Waals surface area contributed by atoms with Gasteiger partial charge in [0, 0.05) is 31.9 Å². The summed E-state index contributed by atoms with van der Waals surface area (Å²) in [5, 5.41) is 2.80. The zero-order chi connectivity index (χ0) is 19.9. The smallest absolute Gasteiger partial charge is 0.233 e. The van der Waals surface area contributed by atoms with Crippen molar-refractivity contribution in [1.82, 2.24) is 4.90 Å². The van der Waals surface area contributed by atoms with Crippen molar-refractivity contribution in [1.29, 1.82) is 0 Å². The molecule has 1 N–H and O–H groups in total. The normalized spacial score (nSPS) is 13.9. The molecule has 1 aliphatic heterocycles. The molecule has 0 saturated carbocycles. The number of hydrogen-bond acceptors (Lipinski definition) is 4. The van der Waals surface area contributed by atoms with Crippen molar-refractivity contribution in [2.24, 2.45) is 0 Å². The summed E-state index contributed by atoms with van der Waals surface area (Å²) in [6.07, 6.45) is 0.817. The first-order valence-electron chi connectivity index (χ1n) is 9.65. The van der Waals surface area contributed by atoms with E-state index in [0.717, 1.165) is 23.5 Å². The number of anilines is 2. The van der Waals surface area contributed by atoms with Gasteiger partial charge in [-0.05, 0) is 36.2 Å². The van der Waals surface area contributed by atoms with E-state index in [2.05, 4.69) is 17.1 Å². The molecule has 1 heterocycles. The maximum absolute atomic E-state index is 12.5. The van der Waals surface area contributed by atoms with Gasteiger partial charge in [-0.1, -0.05) is 31.2 Å². The van der Waals surface area contributed by atoms with Crippen LogP contribution in [0.25, 0.3) is 0 Å². The van der Waals surface area contributed by atoms with E-state index in [9.17, 15) is 9.59 Å². The van der Waals surface area contributed by atoms with Gasteiger partial charge < -0.3 is 19.9 Å². The summed E-state index contributed by atoms with van der Waals surface area (Å²) in [5.74, 6) is 0.416. The first kappa shape index (κ1) is 19.7. The van der Waals surface area contributed by atoms with E-state index in [4.69, 9.17) is 4.74 Å². The van der Waals surface area contributed by atoms with Crippen molar-refractivity contribution in [2.75, 3.05) is 43.5 Å². The number of rotatable bonds is 6. The predicted octanol–water partition coefficient (Wildman–Crippen LogP) is 2.94. The van der Waals surface area contributed by atoms with Crippen LogP contribution in [0.5, 0.6) is 5.75 Å². The molecular weight excluding hydrogens is 354 g/mol. The Morgan fingerprint density at radius 1 is 1.00 bits per heavy atom. The summed E-state index contributed by atoms with van der Waals surface area (Å²) in [6.45, 7) is 4.70. The van der Waals surface area contributed by atoms with Crippen LogP contribution in [0.2, 0.25) is 0 Å². The summed E-state index contributed by atoms with van der Waals surface area (Å²) in [5.41, 5.74) is 2.96. The lowest BCUT2D eigenvalue weighted by atomic mass is 10.1. The van der Waals surface area contributed by atoms with Crippen molar-refractivity contribution >= 4 is 23.2 Å². The van der Waals surface area contributed by atoms with E-state index in [0.29, 0.717) is 26.2 Å². The first-order valence-corrected chi connectivity index (χ1v) is 9.65. The standard InChI is InChI=1S/C22H27N3O3/c1-3-17-8-10-18(11-9-17)23-21(26)16-22(27)25-14-12-24(13-15-25)19-6-4-5-7-20(19)28-2/h4-11H,3,12-16H2,1-2H3,(H,23,26). The molecule has 3 rings (SSSR count). The Kier molecular flexibility index (Phi) is 6.53. The Labute approximate surface area is 166 Å². The highest BCUT2D eigenvalue weighted by atomic mass is 16.5. The van der Waals surface area contributed by atoms with Crippen LogP contribution in [0.15, 0.2) is 48.5 Å². The number of methoxy groups -OCH3 is 1. The summed E-state index contributed by atoms with van der Waals surface area (Å²) in [7, 11) is 1.66. The summed E-state index contributed by atoms with van der Waals surface area (Å²) in [6, 6.07) is 15.6. The van der Waals surface area contributed by atoms with E-state index in [1.807, 2.05) is 48.5 Å². The third kappa shape index (κ3) is 4.82. The molecule has 148 valence electrons. The number of ether oxygens (including phenoxy) is 1. The number of nitrogens with one attached hydrogen (secondary N) is 1. The molecule has 1 fully saturated rings. The van der Waals surface area contributed by atoms with E-state index in [1.54, 1.807) is 12.0 Å². The van der Waals surface area contributed by atoms with Gasteiger partial charge >= 0.3 is 0 Å². The van der Waals surface area contributed by atoms with Gasteiger partial charge in [0.2, 0.25) is 11.8 Å². The molecule has 6 nitrogen and oxygen atoms in total. The van der Waals surface area contributed by atoms with Crippen LogP contribution in [-0.2, 0) is 16.0 Å². The van der Waals surface area contributed by atoms with Crippen LogP contribution in [-0.4, -0.2) is 50.0 Å². The summed E-state index contributed by atoms with van der Waals surface area (Å²) < 4.78 is 5.42. The lowest BCUT2D eigenvalue weighted by molar-refractivity contribution is -0.134. The number of aryl methyl sites for hydroxylation is 1. The van der Waals surface area contributed by atoms with E-state index < -0.39 is 0 Å². The van der Waals surface area contributed by atoms with Crippen LogP contribution >= 0.6 is 0 Å². The second-order valence-corrected chi connectivity index (χ2v) is 6.82. The molecule has 0 aromatic heterocycles. The Morgan fingerprint density at radius 3 is 2.32 bits per heavy atom. The third-order valence-electron chi connectivity index (χ3n) is 5.02. The molecule has 0 unspecified atom stereocenters. The number of piperazine rings is 1. The number of hydrogen-bond donors (Lipinski definition) is 1. The quantitative estimate of drug-likeness (QED) is 0.782. The monoisotopic (exact) mass is 381 g/mol. The zero-order valence-electron chi connectivity index (χ0n) is 16.5. The topological polar surface area (TPSA) is 61.9 Å². The minimum Gasteiger partial charge on any atom is -0.495 e. The van der Waals surface area contributed by atoms with E-state index in [-0.39, 0.29) is 18.2 Å². The van der Waals surface area contributed by atoms with Crippen LogP contribution in [0, 0.1) is 0 Å². The molecule has 6 heteroatoms. The number of para-hydroxylation sites is 2. The van der Waals surface area contributed by atoms with Gasteiger partial charge in [0.1, 0.15) is 12.2 Å². The first-order chi connectivity index (χ1) is 13.6. The molecule has 28 heavy (non-hydrogen) atoms. The number of amides is 2. The number of nitrogens with zero attached hydrogens (tertiary/aromatic N) is 2. The van der Waals surface area contributed by atoms with Gasteiger partial charge in [-0.25, -0.2) is 0 Å². The Bertz CT molecular complexity index is 812. The fraction of sp³-hybridized carbons (Fsp3) is 0.364. The van der Waals surface area contributed by atoms with Crippen LogP contribution in [0.3, 0.4) is 0 Å². The Hall–Kier alpha value is -3.02. The molecule has 1 aliphatic rings. The molecule has 2 aromatic rings. The van der Waals surface area contributed by atoms with Crippen molar-refractivity contribution < 1.29 is 14.3 Å². The summed E-state index contributed by atoms with van der Waals surface area (Å²) in [4.78, 5) is 28.7. The molecular formula is C22H27N3O3. The minimum absolute atomic E-state index is 0.135. The predicted molar refractivity (Wildman–Crippen MR) is 111 cm³/mol. The van der Waals surface area contributed by atoms with Gasteiger partial charge in [0.25, 0.3) is 0 Å². The number of carbonyl (C=O) groups is 2. The summed E-state index contributed by atoms with van der Waals surface area (Å²) >= 11 is 0. The second kappa shape index (κ2) is 9.26. The van der Waals surface area contributed by atoms with Gasteiger partial charge in [0.15, 0.2) is 0 Å². The maximum Gasteiger partial charge on any atom is 0.233 e. The third-order valence-corrected chi connectivity index (χ3v) is 5.02. The number of benzene rings is 2. The van der Waals surface area contributed by atoms with Gasteiger partial charge in [-0.3, -0.25) is 9.59 Å². The fourth-order valence-electron chi connectivity index (χ4n) is 3.37. The van der Waals surface area contributed by atoms with Crippen LogP contribution in [0.1, 0.15) is 18.9 Å². The van der Waals surface area contributed by atoms with E-state index >= 15 is 0 Å². The highest BCUT2D eigenvalue weighted by Crippen LogP contribution is 2.28. The Morgan fingerprint density at radius 2 is 1.68 bits per heavy atom. The number of carbonyl (C=O) groups excluding carboxylic acids is 2. The minimum atomic E-state index is -0.276. The Balaban J connectivity index is 1.50. The molecule has 0 radical (unpaired) electrons. The van der Waals surface area contributed by atoms with Crippen molar-refractivity contribution in [2.45, 2.75) is 19.8 Å². The average Bonchev–Trinajstić information content (AvgIpc) is 2.74. The average molecular weight is 381 g/mol. The molecule has 0 aliphatic carbocycles. The molecule has 1 saturated heterocycles. The largest absolute Gasteiger partial charge is 0.495 e. The highest BCUT2D eigenvalue weighted by Gasteiger charge is 2.24. The second-order valence-electron chi connectivity index (χ2n) is 6.82. The SMILES string of the molecule is CCc1ccc(NC(=O)CC(=O)N2CCN(c3ccccc3OC)CC2)cc1. The van der Waals surface area contributed by atoms with Crippen LogP contribution < -0.4 is 15.0 Å². The van der Waals surface area contributed by atoms with Crippen LogP contribution in [0.4, 0.5) is 11.4 Å². The van der Waals surface area contributed by atoms with Gasteiger partial charge in [0.05, 0.1) is 12.8 Å². The van der Waals surface area contributed by atoms with Gasteiger partial charge in [-0.2, -0.15) is 0 Å². The molecule has 0 spiro atoms. The molecule has 0 bridgehead atoms. The highest BCUT2D eigenvalue weighted by molar-refractivity contribution is 6.03. The lowest BCUT2D eigenvalue weighted by Crippen LogP contribution is -2.49. The van der Waals surface area contributed by atoms with Gasteiger partial charge in [-0.15, -0.1) is 0 Å². The molecule has 2 amide bonds. The van der Waals surface area contributed by atoms with Crippen molar-refractivity contribution in [3.05, 3.63) is 54.1 Å². The lowest BCUT2D eigenvalue weighted by Gasteiger charge is -2.36.